The molecule has 2 aromatic rings. The second kappa shape index (κ2) is 8.97. The molecule has 4 rings (SSSR count). The van der Waals surface area contributed by atoms with Crippen molar-refractivity contribution < 1.29 is 27.8 Å². The third-order valence-electron chi connectivity index (χ3n) is 5.21. The molecule has 2 aliphatic rings. The molecular weight excluding hydrogens is 421 g/mol. The first-order valence-corrected chi connectivity index (χ1v) is 10.0. The number of rotatable bonds is 3. The third kappa shape index (κ3) is 5.25. The van der Waals surface area contributed by atoms with Crippen molar-refractivity contribution in [2.75, 3.05) is 7.05 Å². The van der Waals surface area contributed by atoms with E-state index in [4.69, 9.17) is 19.9 Å². The molecule has 0 saturated carbocycles. The molecule has 2 fully saturated rings. The van der Waals surface area contributed by atoms with Gasteiger partial charge in [-0.1, -0.05) is 28.6 Å². The lowest BCUT2D eigenvalue weighted by atomic mass is 10.0. The topological polar surface area (TPSA) is 99.3 Å². The van der Waals surface area contributed by atoms with Crippen LogP contribution < -0.4 is 4.74 Å². The van der Waals surface area contributed by atoms with Crippen LogP contribution in [0.4, 0.5) is 13.2 Å². The van der Waals surface area contributed by atoms with E-state index in [0.717, 1.165) is 23.4 Å². The molecule has 1 aromatic heterocycles. The van der Waals surface area contributed by atoms with Gasteiger partial charge in [-0.3, -0.25) is 0 Å². The molecule has 0 aliphatic carbocycles. The summed E-state index contributed by atoms with van der Waals surface area (Å²) in [5.74, 6) is -2.76. The zero-order chi connectivity index (χ0) is 21.9. The number of carbonyl (C=O) groups is 1. The summed E-state index contributed by atoms with van der Waals surface area (Å²) in [4.78, 5) is 11.4. The van der Waals surface area contributed by atoms with E-state index in [-0.39, 0.29) is 6.10 Å². The lowest BCUT2D eigenvalue weighted by Gasteiger charge is -2.35. The minimum Gasteiger partial charge on any atom is -0.475 e. The zero-order valence-electron chi connectivity index (χ0n) is 16.0. The van der Waals surface area contributed by atoms with Crippen LogP contribution in [0, 0.1) is 11.3 Å². The number of ether oxygens (including phenoxy) is 1. The standard InChI is InChI=1S/C17H18N4OS.C2HF3O2/c1-21-13-5-6-14(21)9-15(8-13)22-17-20-19-16(23-17)12-4-2-3-11(7-12)10-18;3-2(4,5)1(6)7/h2-4,7,13-15H,5-6,8-9H2,1H3;(H,6,7). The molecule has 0 amide bonds. The molecule has 1 N–H and O–H groups in total. The van der Waals surface area contributed by atoms with Crippen LogP contribution in [0.3, 0.4) is 0 Å². The van der Waals surface area contributed by atoms with Crippen LogP contribution in [0.2, 0.25) is 0 Å². The summed E-state index contributed by atoms with van der Waals surface area (Å²) in [5.41, 5.74) is 1.55. The van der Waals surface area contributed by atoms with E-state index in [0.29, 0.717) is 22.8 Å². The molecule has 2 saturated heterocycles. The Morgan fingerprint density at radius 2 is 1.93 bits per heavy atom. The Morgan fingerprint density at radius 3 is 2.50 bits per heavy atom. The van der Waals surface area contributed by atoms with Crippen molar-refractivity contribution in [1.29, 1.82) is 5.26 Å². The smallest absolute Gasteiger partial charge is 0.475 e. The number of fused-ring (bicyclic) bond motifs is 2. The molecule has 30 heavy (non-hydrogen) atoms. The summed E-state index contributed by atoms with van der Waals surface area (Å²) in [7, 11) is 2.23. The summed E-state index contributed by atoms with van der Waals surface area (Å²) in [6.07, 6.45) is -0.125. The van der Waals surface area contributed by atoms with Gasteiger partial charge in [-0.05, 0) is 44.9 Å². The van der Waals surface area contributed by atoms with Gasteiger partial charge < -0.3 is 14.7 Å². The van der Waals surface area contributed by atoms with Crippen LogP contribution in [0.25, 0.3) is 10.6 Å². The van der Waals surface area contributed by atoms with E-state index in [9.17, 15) is 13.2 Å². The fourth-order valence-corrected chi connectivity index (χ4v) is 4.45. The largest absolute Gasteiger partial charge is 0.490 e. The molecule has 2 atom stereocenters. The maximum absolute atomic E-state index is 10.6. The summed E-state index contributed by atoms with van der Waals surface area (Å²) in [6, 6.07) is 10.9. The van der Waals surface area contributed by atoms with Gasteiger partial charge in [0.25, 0.3) is 5.19 Å². The molecule has 2 unspecified atom stereocenters. The monoisotopic (exact) mass is 440 g/mol. The molecule has 2 aliphatic heterocycles. The van der Waals surface area contributed by atoms with E-state index in [2.05, 4.69) is 28.2 Å². The number of hydrogen-bond acceptors (Lipinski definition) is 7. The van der Waals surface area contributed by atoms with Crippen molar-refractivity contribution in [2.45, 2.75) is 50.0 Å². The number of aromatic nitrogens is 2. The molecule has 11 heteroatoms. The second-order valence-electron chi connectivity index (χ2n) is 7.13. The van der Waals surface area contributed by atoms with Crippen LogP contribution in [-0.4, -0.2) is 57.6 Å². The highest BCUT2D eigenvalue weighted by Gasteiger charge is 2.40. The van der Waals surface area contributed by atoms with Gasteiger partial charge >= 0.3 is 12.1 Å². The summed E-state index contributed by atoms with van der Waals surface area (Å²) in [5, 5.41) is 26.0. The van der Waals surface area contributed by atoms with Gasteiger partial charge in [-0.25, -0.2) is 4.79 Å². The first-order valence-electron chi connectivity index (χ1n) is 9.20. The Hall–Kier alpha value is -2.71. The number of halogens is 3. The van der Waals surface area contributed by atoms with Gasteiger partial charge in [0.2, 0.25) is 0 Å². The third-order valence-corrected chi connectivity index (χ3v) is 6.07. The minimum absolute atomic E-state index is 0.245. The SMILES string of the molecule is CN1C2CCC1CC(Oc1nnc(-c3cccc(C#N)c3)s1)C2.O=C(O)C(F)(F)F. The van der Waals surface area contributed by atoms with E-state index >= 15 is 0 Å². The molecule has 3 heterocycles. The summed E-state index contributed by atoms with van der Waals surface area (Å²) in [6.45, 7) is 0. The van der Waals surface area contributed by atoms with Crippen molar-refractivity contribution in [3.05, 3.63) is 29.8 Å². The van der Waals surface area contributed by atoms with E-state index in [1.807, 2.05) is 18.2 Å². The highest BCUT2D eigenvalue weighted by atomic mass is 32.1. The average Bonchev–Trinajstić information content (AvgIpc) is 3.22. The van der Waals surface area contributed by atoms with Gasteiger partial charge in [0.15, 0.2) is 5.01 Å². The van der Waals surface area contributed by atoms with Crippen molar-refractivity contribution in [3.8, 4) is 21.8 Å². The maximum atomic E-state index is 10.6. The molecule has 7 nitrogen and oxygen atoms in total. The van der Waals surface area contributed by atoms with Crippen molar-refractivity contribution >= 4 is 17.3 Å². The number of nitriles is 1. The minimum atomic E-state index is -5.08. The fourth-order valence-electron chi connectivity index (χ4n) is 3.70. The summed E-state index contributed by atoms with van der Waals surface area (Å²) < 4.78 is 37.8. The molecule has 0 radical (unpaired) electrons. The molecule has 0 spiro atoms. The van der Waals surface area contributed by atoms with E-state index in [1.54, 1.807) is 6.07 Å². The molecule has 2 bridgehead atoms. The van der Waals surface area contributed by atoms with E-state index in [1.165, 1.54) is 24.2 Å². The highest BCUT2D eigenvalue weighted by Crippen LogP contribution is 2.37. The normalized spacial score (nSPS) is 23.2. The first-order chi connectivity index (χ1) is 14.2. The predicted octanol–water partition coefficient (Wildman–Crippen LogP) is 3.71. The number of alkyl halides is 3. The first kappa shape index (κ1) is 22.0. The Balaban J connectivity index is 0.000000318. The van der Waals surface area contributed by atoms with Crippen LogP contribution in [0.5, 0.6) is 5.19 Å². The van der Waals surface area contributed by atoms with Gasteiger partial charge in [-0.2, -0.15) is 18.4 Å². The number of aliphatic carboxylic acids is 1. The van der Waals surface area contributed by atoms with Crippen LogP contribution in [0.1, 0.15) is 31.2 Å². The lowest BCUT2D eigenvalue weighted by molar-refractivity contribution is -0.192. The Kier molecular flexibility index (Phi) is 6.58. The zero-order valence-corrected chi connectivity index (χ0v) is 16.8. The Labute approximate surface area is 174 Å². The van der Waals surface area contributed by atoms with Crippen molar-refractivity contribution in [1.82, 2.24) is 15.1 Å². The van der Waals surface area contributed by atoms with Crippen LogP contribution in [0.15, 0.2) is 24.3 Å². The maximum Gasteiger partial charge on any atom is 0.490 e. The lowest BCUT2D eigenvalue weighted by Crippen LogP contribution is -2.43. The number of hydrogen-bond donors (Lipinski definition) is 1. The predicted molar refractivity (Wildman–Crippen MR) is 102 cm³/mol. The number of benzene rings is 1. The molecule has 160 valence electrons. The van der Waals surface area contributed by atoms with Crippen LogP contribution in [-0.2, 0) is 4.79 Å². The molecule has 1 aromatic carbocycles. The number of nitrogens with zero attached hydrogens (tertiary/aromatic N) is 4. The Morgan fingerprint density at radius 1 is 1.30 bits per heavy atom. The number of carboxylic acids is 1. The Bertz CT molecular complexity index is 930. The average molecular weight is 440 g/mol. The van der Waals surface area contributed by atoms with E-state index < -0.39 is 12.1 Å². The summed E-state index contributed by atoms with van der Waals surface area (Å²) >= 11 is 1.46. The van der Waals surface area contributed by atoms with Crippen LogP contribution >= 0.6 is 11.3 Å². The number of carboxylic acid groups (broad SMARTS) is 1. The number of piperidine rings is 1. The van der Waals surface area contributed by atoms with Gasteiger partial charge in [0.1, 0.15) is 6.10 Å². The molecular formula is C19H19F3N4O3S. The van der Waals surface area contributed by atoms with Gasteiger partial charge in [0, 0.05) is 17.6 Å². The second-order valence-corrected chi connectivity index (χ2v) is 8.07. The quantitative estimate of drug-likeness (QED) is 0.777. The van der Waals surface area contributed by atoms with Gasteiger partial charge in [0.05, 0.1) is 11.6 Å². The van der Waals surface area contributed by atoms with Gasteiger partial charge in [-0.15, -0.1) is 5.10 Å². The van der Waals surface area contributed by atoms with Crippen molar-refractivity contribution in [2.24, 2.45) is 0 Å². The highest BCUT2D eigenvalue weighted by molar-refractivity contribution is 7.16. The van der Waals surface area contributed by atoms with Crippen molar-refractivity contribution in [3.63, 3.8) is 0 Å². The fraction of sp³-hybridized carbons (Fsp3) is 0.474.